The quantitative estimate of drug-likeness (QED) is 0.479. The minimum Gasteiger partial charge on any atom is -0.396 e. The highest BCUT2D eigenvalue weighted by molar-refractivity contribution is 5.53. The molecule has 0 aromatic carbocycles. The van der Waals surface area contributed by atoms with Gasteiger partial charge in [0.1, 0.15) is 11.6 Å². The Morgan fingerprint density at radius 3 is 2.72 bits per heavy atom. The number of aromatic nitrogens is 5. The summed E-state index contributed by atoms with van der Waals surface area (Å²) in [5.41, 5.74) is 3.73. The summed E-state index contributed by atoms with van der Waals surface area (Å²) in [5, 5.41) is 18.1. The third-order valence-corrected chi connectivity index (χ3v) is 5.65. The molecule has 0 saturated heterocycles. The standard InChI is InChI=1S/C23H31N7O2/c1-28(2)22-20-7-11-29(17-19(20)6-10-25-22)23-27-26-21(16-18-4-8-24-9-5-18)30(23)12-15-32-14-3-13-31/h4-6,8-10,31H,3,7,11-17H2,1-2H3. The molecule has 3 aromatic rings. The number of fused-ring (bicyclic) bond motifs is 1. The van der Waals surface area contributed by atoms with Gasteiger partial charge in [0.2, 0.25) is 5.95 Å². The highest BCUT2D eigenvalue weighted by Gasteiger charge is 2.25. The van der Waals surface area contributed by atoms with Crippen LogP contribution in [-0.2, 0) is 30.7 Å². The molecule has 170 valence electrons. The highest BCUT2D eigenvalue weighted by Crippen LogP contribution is 2.28. The van der Waals surface area contributed by atoms with E-state index in [0.29, 0.717) is 32.6 Å². The van der Waals surface area contributed by atoms with Crippen molar-refractivity contribution >= 4 is 11.8 Å². The van der Waals surface area contributed by atoms with Crippen LogP contribution in [0, 0.1) is 0 Å². The zero-order valence-electron chi connectivity index (χ0n) is 18.8. The first-order valence-electron chi connectivity index (χ1n) is 11.1. The molecule has 9 nitrogen and oxygen atoms in total. The lowest BCUT2D eigenvalue weighted by Gasteiger charge is -2.31. The molecule has 0 atom stereocenters. The molecule has 0 saturated carbocycles. The summed E-state index contributed by atoms with van der Waals surface area (Å²) in [7, 11) is 4.07. The van der Waals surface area contributed by atoms with E-state index in [1.807, 2.05) is 32.4 Å². The number of hydrogen-bond acceptors (Lipinski definition) is 8. The number of nitrogens with zero attached hydrogens (tertiary/aromatic N) is 7. The first-order chi connectivity index (χ1) is 15.7. The molecular weight excluding hydrogens is 406 g/mol. The Bertz CT molecular complexity index is 1010. The third kappa shape index (κ3) is 5.05. The lowest BCUT2D eigenvalue weighted by molar-refractivity contribution is 0.109. The van der Waals surface area contributed by atoms with Crippen LogP contribution in [0.25, 0.3) is 0 Å². The van der Waals surface area contributed by atoms with Crippen molar-refractivity contribution in [2.45, 2.75) is 32.4 Å². The third-order valence-electron chi connectivity index (χ3n) is 5.65. The van der Waals surface area contributed by atoms with Crippen LogP contribution in [-0.4, -0.2) is 70.3 Å². The number of ether oxygens (including phenoxy) is 1. The number of aliphatic hydroxyl groups is 1. The molecule has 32 heavy (non-hydrogen) atoms. The van der Waals surface area contributed by atoms with Crippen LogP contribution in [0.2, 0.25) is 0 Å². The SMILES string of the molecule is CN(C)c1nccc2c1CCN(c1nnc(Cc3ccncc3)n1CCOCCCO)C2. The van der Waals surface area contributed by atoms with Crippen molar-refractivity contribution in [2.75, 3.05) is 50.3 Å². The number of rotatable bonds is 10. The Morgan fingerprint density at radius 1 is 1.09 bits per heavy atom. The largest absolute Gasteiger partial charge is 0.396 e. The molecule has 1 aliphatic rings. The second-order valence-electron chi connectivity index (χ2n) is 8.13. The van der Waals surface area contributed by atoms with E-state index in [9.17, 15) is 0 Å². The van der Waals surface area contributed by atoms with E-state index in [0.717, 1.165) is 42.7 Å². The van der Waals surface area contributed by atoms with E-state index in [4.69, 9.17) is 9.84 Å². The fourth-order valence-electron chi connectivity index (χ4n) is 4.06. The molecular formula is C23H31N7O2. The predicted octanol–water partition coefficient (Wildman–Crippen LogP) is 1.69. The first kappa shape index (κ1) is 22.2. The van der Waals surface area contributed by atoms with Gasteiger partial charge in [-0.1, -0.05) is 0 Å². The summed E-state index contributed by atoms with van der Waals surface area (Å²) < 4.78 is 7.88. The van der Waals surface area contributed by atoms with Crippen molar-refractivity contribution in [3.8, 4) is 0 Å². The van der Waals surface area contributed by atoms with E-state index in [1.54, 1.807) is 12.4 Å². The second kappa shape index (κ2) is 10.5. The number of hydrogen-bond donors (Lipinski definition) is 1. The molecule has 1 aliphatic heterocycles. The Balaban J connectivity index is 1.56. The summed E-state index contributed by atoms with van der Waals surface area (Å²) in [6.07, 6.45) is 7.72. The molecule has 0 fully saturated rings. The Hall–Kier alpha value is -3.04. The number of pyridine rings is 2. The van der Waals surface area contributed by atoms with E-state index < -0.39 is 0 Å². The van der Waals surface area contributed by atoms with Gasteiger partial charge in [0.05, 0.1) is 13.2 Å². The van der Waals surface area contributed by atoms with Crippen molar-refractivity contribution in [1.29, 1.82) is 0 Å². The van der Waals surface area contributed by atoms with Crippen LogP contribution in [0.5, 0.6) is 0 Å². The van der Waals surface area contributed by atoms with Crippen LogP contribution < -0.4 is 9.80 Å². The van der Waals surface area contributed by atoms with E-state index in [-0.39, 0.29) is 6.61 Å². The molecule has 1 N–H and O–H groups in total. The van der Waals surface area contributed by atoms with Crippen LogP contribution in [0.15, 0.2) is 36.8 Å². The molecule has 4 heterocycles. The molecule has 9 heteroatoms. The normalized spacial score (nSPS) is 13.3. The minimum absolute atomic E-state index is 0.141. The summed E-state index contributed by atoms with van der Waals surface area (Å²) in [6, 6.07) is 6.11. The Morgan fingerprint density at radius 2 is 1.94 bits per heavy atom. The van der Waals surface area contributed by atoms with Crippen molar-refractivity contribution in [1.82, 2.24) is 24.7 Å². The molecule has 4 rings (SSSR count). The van der Waals surface area contributed by atoms with Crippen LogP contribution >= 0.6 is 0 Å². The first-order valence-corrected chi connectivity index (χ1v) is 11.1. The van der Waals surface area contributed by atoms with Crippen molar-refractivity contribution in [3.63, 3.8) is 0 Å². The summed E-state index contributed by atoms with van der Waals surface area (Å²) >= 11 is 0. The van der Waals surface area contributed by atoms with Gasteiger partial charge in [-0.15, -0.1) is 10.2 Å². The van der Waals surface area contributed by atoms with Crippen LogP contribution in [0.1, 0.15) is 28.9 Å². The Labute approximate surface area is 188 Å². The fourth-order valence-corrected chi connectivity index (χ4v) is 4.06. The van der Waals surface area contributed by atoms with Gasteiger partial charge in [-0.2, -0.15) is 0 Å². The van der Waals surface area contributed by atoms with Gasteiger partial charge in [-0.3, -0.25) is 9.55 Å². The fraction of sp³-hybridized carbons (Fsp3) is 0.478. The molecule has 0 aliphatic carbocycles. The predicted molar refractivity (Wildman–Crippen MR) is 123 cm³/mol. The van der Waals surface area contributed by atoms with Crippen molar-refractivity contribution < 1.29 is 9.84 Å². The van der Waals surface area contributed by atoms with Gasteiger partial charge in [0.25, 0.3) is 0 Å². The number of aliphatic hydroxyl groups excluding tert-OH is 1. The molecule has 0 radical (unpaired) electrons. The highest BCUT2D eigenvalue weighted by atomic mass is 16.5. The van der Waals surface area contributed by atoms with E-state index in [1.165, 1.54) is 11.1 Å². The number of anilines is 2. The van der Waals surface area contributed by atoms with Gasteiger partial charge < -0.3 is 19.6 Å². The van der Waals surface area contributed by atoms with Gasteiger partial charge >= 0.3 is 0 Å². The summed E-state index contributed by atoms with van der Waals surface area (Å²) in [6.45, 7) is 3.54. The summed E-state index contributed by atoms with van der Waals surface area (Å²) in [5.74, 6) is 2.82. The van der Waals surface area contributed by atoms with Crippen molar-refractivity contribution in [2.24, 2.45) is 0 Å². The average Bonchev–Trinajstić information content (AvgIpc) is 3.21. The Kier molecular flexibility index (Phi) is 7.28. The van der Waals surface area contributed by atoms with E-state index >= 15 is 0 Å². The van der Waals surface area contributed by atoms with Gasteiger partial charge in [-0.25, -0.2) is 4.98 Å². The van der Waals surface area contributed by atoms with Gasteiger partial charge in [-0.05, 0) is 42.2 Å². The zero-order chi connectivity index (χ0) is 22.3. The maximum absolute atomic E-state index is 8.98. The zero-order valence-corrected chi connectivity index (χ0v) is 18.8. The minimum atomic E-state index is 0.141. The lowest BCUT2D eigenvalue weighted by Crippen LogP contribution is -2.34. The maximum atomic E-state index is 8.98. The molecule has 0 amide bonds. The van der Waals surface area contributed by atoms with Gasteiger partial charge in [0, 0.05) is 71.0 Å². The average molecular weight is 438 g/mol. The van der Waals surface area contributed by atoms with E-state index in [2.05, 4.69) is 40.6 Å². The lowest BCUT2D eigenvalue weighted by atomic mass is 10.0. The molecule has 0 spiro atoms. The second-order valence-corrected chi connectivity index (χ2v) is 8.13. The topological polar surface area (TPSA) is 92.4 Å². The maximum Gasteiger partial charge on any atom is 0.227 e. The molecule has 3 aromatic heterocycles. The summed E-state index contributed by atoms with van der Waals surface area (Å²) in [4.78, 5) is 13.0. The molecule has 0 unspecified atom stereocenters. The van der Waals surface area contributed by atoms with Crippen LogP contribution in [0.4, 0.5) is 11.8 Å². The van der Waals surface area contributed by atoms with Gasteiger partial charge in [0.15, 0.2) is 0 Å². The van der Waals surface area contributed by atoms with Crippen molar-refractivity contribution in [3.05, 3.63) is 59.3 Å². The van der Waals surface area contributed by atoms with Crippen LogP contribution in [0.3, 0.4) is 0 Å². The smallest absolute Gasteiger partial charge is 0.227 e. The monoisotopic (exact) mass is 437 g/mol. The molecule has 0 bridgehead atoms.